The third-order valence-corrected chi connectivity index (χ3v) is 4.14. The van der Waals surface area contributed by atoms with Crippen molar-refractivity contribution in [1.82, 2.24) is 14.9 Å². The Hall–Kier alpha value is -2.47. The third-order valence-electron chi connectivity index (χ3n) is 4.14. The molecule has 2 heterocycles. The largest absolute Gasteiger partial charge is 0.393 e. The summed E-state index contributed by atoms with van der Waals surface area (Å²) in [5.74, 6) is 0.795. The van der Waals surface area contributed by atoms with Crippen LogP contribution in [0.1, 0.15) is 23.7 Å². The number of carbonyl (C=O) groups is 1. The van der Waals surface area contributed by atoms with Crippen LogP contribution in [0.4, 0.5) is 11.5 Å². The fourth-order valence-corrected chi connectivity index (χ4v) is 2.79. The summed E-state index contributed by atoms with van der Waals surface area (Å²) in [5.41, 5.74) is 1.42. The Balaban J connectivity index is 1.71. The van der Waals surface area contributed by atoms with E-state index in [1.54, 1.807) is 36.5 Å². The summed E-state index contributed by atoms with van der Waals surface area (Å²) in [6, 6.07) is 7.34. The Labute approximate surface area is 135 Å². The molecule has 0 bridgehead atoms. The van der Waals surface area contributed by atoms with Crippen molar-refractivity contribution in [2.24, 2.45) is 5.92 Å². The van der Waals surface area contributed by atoms with Crippen LogP contribution in [0, 0.1) is 5.92 Å². The number of hydrogen-bond acceptors (Lipinski definition) is 5. The molecule has 2 N–H and O–H groups in total. The van der Waals surface area contributed by atoms with Gasteiger partial charge in [0.1, 0.15) is 5.82 Å². The molecule has 2 aromatic rings. The number of aliphatic hydroxyl groups is 1. The summed E-state index contributed by atoms with van der Waals surface area (Å²) in [6.45, 7) is 3.08. The van der Waals surface area contributed by atoms with Gasteiger partial charge in [0.05, 0.1) is 12.3 Å². The van der Waals surface area contributed by atoms with E-state index >= 15 is 0 Å². The number of rotatable bonds is 4. The maximum atomic E-state index is 12.6. The van der Waals surface area contributed by atoms with Crippen LogP contribution >= 0.6 is 0 Å². The van der Waals surface area contributed by atoms with Gasteiger partial charge in [-0.15, -0.1) is 0 Å². The molecule has 0 aliphatic carbocycles. The van der Waals surface area contributed by atoms with Crippen molar-refractivity contribution < 1.29 is 9.90 Å². The number of aliphatic hydroxyl groups excluding tert-OH is 1. The molecule has 1 aromatic heterocycles. The van der Waals surface area contributed by atoms with E-state index in [9.17, 15) is 9.90 Å². The van der Waals surface area contributed by atoms with Crippen LogP contribution in [0.2, 0.25) is 0 Å². The maximum absolute atomic E-state index is 12.6. The van der Waals surface area contributed by atoms with Gasteiger partial charge in [0.2, 0.25) is 0 Å². The van der Waals surface area contributed by atoms with Gasteiger partial charge in [-0.25, -0.2) is 4.98 Å². The summed E-state index contributed by atoms with van der Waals surface area (Å²) in [4.78, 5) is 22.6. The minimum atomic E-state index is -0.377. The number of carbonyl (C=O) groups excluding carboxylic acids is 1. The highest BCUT2D eigenvalue weighted by Crippen LogP contribution is 2.23. The van der Waals surface area contributed by atoms with E-state index in [1.807, 2.05) is 18.2 Å². The van der Waals surface area contributed by atoms with Crippen LogP contribution in [0.15, 0.2) is 42.9 Å². The van der Waals surface area contributed by atoms with Crippen molar-refractivity contribution in [3.63, 3.8) is 0 Å². The van der Waals surface area contributed by atoms with Crippen LogP contribution in [0.5, 0.6) is 0 Å². The van der Waals surface area contributed by atoms with Crippen LogP contribution in [-0.2, 0) is 0 Å². The number of hydrogen-bond donors (Lipinski definition) is 2. The van der Waals surface area contributed by atoms with Crippen molar-refractivity contribution in [2.75, 3.05) is 18.4 Å². The summed E-state index contributed by atoms with van der Waals surface area (Å²) < 4.78 is 0. The molecule has 3 rings (SSSR count). The fraction of sp³-hybridized carbons (Fsp3) is 0.353. The van der Waals surface area contributed by atoms with Crippen molar-refractivity contribution in [3.8, 4) is 0 Å². The molecule has 6 heteroatoms. The first-order valence-electron chi connectivity index (χ1n) is 7.74. The Kier molecular flexibility index (Phi) is 4.52. The highest BCUT2D eigenvalue weighted by molar-refractivity contribution is 5.95. The molecule has 1 aliphatic rings. The highest BCUT2D eigenvalue weighted by Gasteiger charge is 2.29. The molecule has 120 valence electrons. The Morgan fingerprint density at radius 2 is 2.30 bits per heavy atom. The average molecular weight is 312 g/mol. The van der Waals surface area contributed by atoms with E-state index < -0.39 is 0 Å². The lowest BCUT2D eigenvalue weighted by molar-refractivity contribution is 0.0762. The van der Waals surface area contributed by atoms with Gasteiger partial charge in [-0.1, -0.05) is 6.07 Å². The van der Waals surface area contributed by atoms with Crippen molar-refractivity contribution in [2.45, 2.75) is 19.4 Å². The van der Waals surface area contributed by atoms with Gasteiger partial charge in [-0.05, 0) is 31.5 Å². The van der Waals surface area contributed by atoms with Gasteiger partial charge >= 0.3 is 0 Å². The number of aromatic nitrogens is 2. The van der Waals surface area contributed by atoms with Crippen molar-refractivity contribution in [3.05, 3.63) is 48.4 Å². The summed E-state index contributed by atoms with van der Waals surface area (Å²) in [7, 11) is 0. The Morgan fingerprint density at radius 3 is 3.00 bits per heavy atom. The van der Waals surface area contributed by atoms with Gasteiger partial charge in [-0.2, -0.15) is 0 Å². The van der Waals surface area contributed by atoms with E-state index in [-0.39, 0.29) is 17.9 Å². The molecule has 23 heavy (non-hydrogen) atoms. The standard InChI is InChI=1S/C17H20N4O2/c1-12(22)14-5-8-21(11-14)17(23)13-3-2-4-15(9-13)20-16-10-18-6-7-19-16/h2-4,6-7,9-10,12,14,22H,5,8,11H2,1H3,(H,19,20). The molecule has 6 nitrogen and oxygen atoms in total. The number of amides is 1. The van der Waals surface area contributed by atoms with E-state index in [1.165, 1.54) is 0 Å². The molecular weight excluding hydrogens is 292 g/mol. The Bertz CT molecular complexity index is 675. The second kappa shape index (κ2) is 6.75. The highest BCUT2D eigenvalue weighted by atomic mass is 16.3. The molecule has 0 radical (unpaired) electrons. The first-order valence-corrected chi connectivity index (χ1v) is 7.74. The molecular formula is C17H20N4O2. The molecule has 0 saturated carbocycles. The summed E-state index contributed by atoms with van der Waals surface area (Å²) in [5, 5.41) is 12.8. The second-order valence-electron chi connectivity index (χ2n) is 5.84. The van der Waals surface area contributed by atoms with Crippen LogP contribution in [0.3, 0.4) is 0 Å². The van der Waals surface area contributed by atoms with E-state index in [2.05, 4.69) is 15.3 Å². The number of anilines is 2. The number of nitrogens with zero attached hydrogens (tertiary/aromatic N) is 3. The maximum Gasteiger partial charge on any atom is 0.253 e. The first kappa shape index (κ1) is 15.4. The van der Waals surface area contributed by atoms with E-state index in [4.69, 9.17) is 0 Å². The van der Waals surface area contributed by atoms with Crippen LogP contribution in [0.25, 0.3) is 0 Å². The lowest BCUT2D eigenvalue weighted by Crippen LogP contribution is -2.30. The normalized spacial score (nSPS) is 18.7. The second-order valence-corrected chi connectivity index (χ2v) is 5.84. The van der Waals surface area contributed by atoms with Gasteiger partial charge in [0, 0.05) is 42.7 Å². The van der Waals surface area contributed by atoms with Crippen molar-refractivity contribution in [1.29, 1.82) is 0 Å². The molecule has 2 unspecified atom stereocenters. The zero-order chi connectivity index (χ0) is 16.2. The zero-order valence-electron chi connectivity index (χ0n) is 13.0. The minimum absolute atomic E-state index is 0.00375. The topological polar surface area (TPSA) is 78.4 Å². The molecule has 0 spiro atoms. The third kappa shape index (κ3) is 3.65. The quantitative estimate of drug-likeness (QED) is 0.903. The predicted octanol–water partition coefficient (Wildman–Crippen LogP) is 2.06. The summed E-state index contributed by atoms with van der Waals surface area (Å²) >= 11 is 0. The monoisotopic (exact) mass is 312 g/mol. The minimum Gasteiger partial charge on any atom is -0.393 e. The van der Waals surface area contributed by atoms with E-state index in [0.717, 1.165) is 12.1 Å². The predicted molar refractivity (Wildman–Crippen MR) is 87.4 cm³/mol. The van der Waals surface area contributed by atoms with Gasteiger partial charge in [0.25, 0.3) is 5.91 Å². The van der Waals surface area contributed by atoms with Crippen LogP contribution in [-0.4, -0.2) is 45.1 Å². The molecule has 1 amide bonds. The SMILES string of the molecule is CC(O)C1CCN(C(=O)c2cccc(Nc3cnccn3)c2)C1. The molecule has 2 atom stereocenters. The smallest absolute Gasteiger partial charge is 0.253 e. The fourth-order valence-electron chi connectivity index (χ4n) is 2.79. The van der Waals surface area contributed by atoms with Gasteiger partial charge < -0.3 is 15.3 Å². The number of nitrogens with one attached hydrogen (secondary N) is 1. The molecule has 1 saturated heterocycles. The lowest BCUT2D eigenvalue weighted by Gasteiger charge is -2.18. The zero-order valence-corrected chi connectivity index (χ0v) is 13.0. The van der Waals surface area contributed by atoms with Crippen molar-refractivity contribution >= 4 is 17.4 Å². The first-order chi connectivity index (χ1) is 11.1. The molecule has 1 aliphatic heterocycles. The summed E-state index contributed by atoms with van der Waals surface area (Å²) in [6.07, 6.45) is 5.32. The number of benzene rings is 1. The molecule has 1 fully saturated rings. The molecule has 1 aromatic carbocycles. The lowest BCUT2D eigenvalue weighted by atomic mass is 10.0. The van der Waals surface area contributed by atoms with Gasteiger partial charge in [0.15, 0.2) is 0 Å². The number of likely N-dealkylation sites (tertiary alicyclic amines) is 1. The average Bonchev–Trinajstić information content (AvgIpc) is 3.06. The van der Waals surface area contributed by atoms with E-state index in [0.29, 0.717) is 24.5 Å². The van der Waals surface area contributed by atoms with Crippen LogP contribution < -0.4 is 5.32 Å². The Morgan fingerprint density at radius 1 is 1.43 bits per heavy atom. The van der Waals surface area contributed by atoms with Gasteiger partial charge in [-0.3, -0.25) is 9.78 Å².